The molecule has 0 atom stereocenters. The van der Waals surface area contributed by atoms with Crippen LogP contribution in [-0.2, 0) is 6.54 Å². The smallest absolute Gasteiger partial charge is 0.155 e. The zero-order valence-electron chi connectivity index (χ0n) is 7.14. The molecule has 0 aromatic carbocycles. The molecular weight excluding hydrogens is 248 g/mol. The molecule has 0 spiro atoms. The van der Waals surface area contributed by atoms with Crippen molar-refractivity contribution in [3.8, 4) is 0 Å². The number of nitrogens with one attached hydrogen (secondary N) is 1. The van der Waals surface area contributed by atoms with Gasteiger partial charge in [-0.3, -0.25) is 0 Å². The second-order valence-corrected chi connectivity index (χ2v) is 3.37. The van der Waals surface area contributed by atoms with Crippen LogP contribution in [0.15, 0.2) is 33.8 Å². The minimum absolute atomic E-state index is 0.552. The van der Waals surface area contributed by atoms with Crippen molar-refractivity contribution in [3.63, 3.8) is 0 Å². The maximum Gasteiger partial charge on any atom is 0.155 e. The topological polar surface area (TPSA) is 63.8 Å². The molecule has 1 N–H and O–H groups in total. The lowest BCUT2D eigenvalue weighted by Gasteiger charge is -2.01. The van der Waals surface area contributed by atoms with Gasteiger partial charge in [0.2, 0.25) is 0 Å². The molecule has 0 aliphatic carbocycles. The Balaban J connectivity index is 1.95. The minimum atomic E-state index is 0.552. The van der Waals surface area contributed by atoms with Crippen LogP contribution in [0.1, 0.15) is 5.76 Å². The van der Waals surface area contributed by atoms with Gasteiger partial charge in [0.05, 0.1) is 25.1 Å². The van der Waals surface area contributed by atoms with Gasteiger partial charge >= 0.3 is 0 Å². The van der Waals surface area contributed by atoms with Crippen molar-refractivity contribution < 1.29 is 4.52 Å². The van der Waals surface area contributed by atoms with Gasteiger partial charge in [0.1, 0.15) is 10.4 Å². The molecule has 0 unspecified atom stereocenters. The van der Waals surface area contributed by atoms with Gasteiger partial charge in [0.25, 0.3) is 0 Å². The van der Waals surface area contributed by atoms with Crippen LogP contribution in [0.4, 0.5) is 5.82 Å². The second-order valence-electron chi connectivity index (χ2n) is 2.56. The van der Waals surface area contributed by atoms with Crippen molar-refractivity contribution in [3.05, 3.63) is 35.0 Å². The van der Waals surface area contributed by atoms with Gasteiger partial charge in [-0.05, 0) is 15.9 Å². The molecule has 14 heavy (non-hydrogen) atoms. The van der Waals surface area contributed by atoms with Crippen LogP contribution in [0.5, 0.6) is 0 Å². The Hall–Kier alpha value is -1.43. The quantitative estimate of drug-likeness (QED) is 0.906. The zero-order valence-corrected chi connectivity index (χ0v) is 8.73. The van der Waals surface area contributed by atoms with Gasteiger partial charge in [0, 0.05) is 6.07 Å². The van der Waals surface area contributed by atoms with Gasteiger partial charge in [0.15, 0.2) is 5.76 Å². The fourth-order valence-electron chi connectivity index (χ4n) is 0.915. The van der Waals surface area contributed by atoms with E-state index in [1.165, 1.54) is 0 Å². The lowest BCUT2D eigenvalue weighted by atomic mass is 10.4. The number of hydrogen-bond acceptors (Lipinski definition) is 5. The zero-order chi connectivity index (χ0) is 9.80. The summed E-state index contributed by atoms with van der Waals surface area (Å²) in [5.41, 5.74) is 0. The maximum absolute atomic E-state index is 4.91. The van der Waals surface area contributed by atoms with E-state index in [0.29, 0.717) is 17.0 Å². The first-order chi connectivity index (χ1) is 6.84. The highest BCUT2D eigenvalue weighted by Gasteiger charge is 1.98. The molecule has 2 heterocycles. The first-order valence-corrected chi connectivity index (χ1v) is 4.75. The number of anilines is 1. The van der Waals surface area contributed by atoms with Gasteiger partial charge in [-0.25, -0.2) is 9.97 Å². The van der Waals surface area contributed by atoms with E-state index < -0.39 is 0 Å². The summed E-state index contributed by atoms with van der Waals surface area (Å²) in [6, 6.07) is 1.79. The molecule has 5 nitrogen and oxygen atoms in total. The summed E-state index contributed by atoms with van der Waals surface area (Å²) in [6.07, 6.45) is 4.87. The summed E-state index contributed by atoms with van der Waals surface area (Å²) >= 11 is 3.21. The van der Waals surface area contributed by atoms with Crippen molar-refractivity contribution in [2.24, 2.45) is 0 Å². The summed E-state index contributed by atoms with van der Waals surface area (Å²) in [4.78, 5) is 8.12. The first-order valence-electron chi connectivity index (χ1n) is 3.95. The molecule has 2 rings (SSSR count). The summed E-state index contributed by atoms with van der Waals surface area (Å²) < 4.78 is 5.62. The monoisotopic (exact) mass is 254 g/mol. The number of halogens is 1. The number of nitrogens with zero attached hydrogens (tertiary/aromatic N) is 3. The van der Waals surface area contributed by atoms with E-state index in [1.54, 1.807) is 24.7 Å². The molecular formula is C8H7BrN4O. The lowest BCUT2D eigenvalue weighted by molar-refractivity contribution is 0.388. The highest BCUT2D eigenvalue weighted by Crippen LogP contribution is 2.07. The Labute approximate surface area is 88.7 Å². The van der Waals surface area contributed by atoms with E-state index in [-0.39, 0.29) is 0 Å². The molecule has 0 bridgehead atoms. The molecule has 0 aliphatic rings. The van der Waals surface area contributed by atoms with Gasteiger partial charge in [-0.1, -0.05) is 5.16 Å². The van der Waals surface area contributed by atoms with Crippen molar-refractivity contribution >= 4 is 21.7 Å². The third-order valence-electron chi connectivity index (χ3n) is 1.56. The van der Waals surface area contributed by atoms with Crippen molar-refractivity contribution in [2.75, 3.05) is 5.32 Å². The Kier molecular flexibility index (Phi) is 2.73. The first kappa shape index (κ1) is 9.14. The fourth-order valence-corrected chi connectivity index (χ4v) is 1.12. The Morgan fingerprint density at radius 1 is 1.36 bits per heavy atom. The molecule has 72 valence electrons. The van der Waals surface area contributed by atoms with Crippen molar-refractivity contribution in [2.45, 2.75) is 6.54 Å². The van der Waals surface area contributed by atoms with E-state index in [2.05, 4.69) is 36.4 Å². The Morgan fingerprint density at radius 2 is 2.29 bits per heavy atom. The van der Waals surface area contributed by atoms with Gasteiger partial charge < -0.3 is 9.84 Å². The maximum atomic E-state index is 4.91. The van der Waals surface area contributed by atoms with Crippen LogP contribution < -0.4 is 5.32 Å². The third kappa shape index (κ3) is 2.29. The minimum Gasteiger partial charge on any atom is -0.361 e. The molecule has 6 heteroatoms. The Bertz CT molecular complexity index is 386. The molecule has 0 saturated heterocycles. The van der Waals surface area contributed by atoms with Crippen LogP contribution in [0.2, 0.25) is 0 Å². The van der Waals surface area contributed by atoms with E-state index in [1.807, 2.05) is 0 Å². The third-order valence-corrected chi connectivity index (χ3v) is 1.96. The summed E-state index contributed by atoms with van der Waals surface area (Å²) in [6.45, 7) is 0.552. The van der Waals surface area contributed by atoms with E-state index in [9.17, 15) is 0 Å². The normalized spacial score (nSPS) is 10.1. The lowest BCUT2D eigenvalue weighted by Crippen LogP contribution is -2.00. The van der Waals surface area contributed by atoms with E-state index in [4.69, 9.17) is 4.52 Å². The molecule has 2 aromatic rings. The van der Waals surface area contributed by atoms with Crippen LogP contribution in [-0.4, -0.2) is 15.1 Å². The highest BCUT2D eigenvalue weighted by molar-refractivity contribution is 9.10. The fraction of sp³-hybridized carbons (Fsp3) is 0.125. The van der Waals surface area contributed by atoms with Crippen LogP contribution >= 0.6 is 15.9 Å². The summed E-state index contributed by atoms with van der Waals surface area (Å²) in [5.74, 6) is 1.46. The molecule has 0 radical (unpaired) electrons. The largest absolute Gasteiger partial charge is 0.361 e. The van der Waals surface area contributed by atoms with Gasteiger partial charge in [-0.15, -0.1) is 0 Å². The summed E-state index contributed by atoms with van der Waals surface area (Å²) in [5, 5.41) is 6.64. The second kappa shape index (κ2) is 4.19. The molecule has 0 fully saturated rings. The predicted octanol–water partition coefficient (Wildman–Crippen LogP) is 1.84. The SMILES string of the molecule is Brc1cnc(NCc2ccno2)cn1. The number of hydrogen-bond donors (Lipinski definition) is 1. The van der Waals surface area contributed by atoms with Crippen LogP contribution in [0, 0.1) is 0 Å². The average Bonchev–Trinajstić information content (AvgIpc) is 2.70. The molecule has 0 saturated carbocycles. The standard InChI is InChI=1S/C8H7BrN4O/c9-7-4-12-8(5-10-7)11-3-6-1-2-13-14-6/h1-2,4-5H,3H2,(H,11,12). The number of aromatic nitrogens is 3. The molecule has 2 aromatic heterocycles. The van der Waals surface area contributed by atoms with Crippen LogP contribution in [0.25, 0.3) is 0 Å². The van der Waals surface area contributed by atoms with Crippen molar-refractivity contribution in [1.82, 2.24) is 15.1 Å². The van der Waals surface area contributed by atoms with Gasteiger partial charge in [-0.2, -0.15) is 0 Å². The van der Waals surface area contributed by atoms with E-state index >= 15 is 0 Å². The molecule has 0 amide bonds. The Morgan fingerprint density at radius 3 is 2.93 bits per heavy atom. The van der Waals surface area contributed by atoms with E-state index in [0.717, 1.165) is 5.76 Å². The van der Waals surface area contributed by atoms with Crippen molar-refractivity contribution in [1.29, 1.82) is 0 Å². The van der Waals surface area contributed by atoms with Crippen LogP contribution in [0.3, 0.4) is 0 Å². The number of rotatable bonds is 3. The highest BCUT2D eigenvalue weighted by atomic mass is 79.9. The predicted molar refractivity (Wildman–Crippen MR) is 53.6 cm³/mol. The average molecular weight is 255 g/mol. The molecule has 0 aliphatic heterocycles. The summed E-state index contributed by atoms with van der Waals surface area (Å²) in [7, 11) is 0.